The second-order valence-corrected chi connectivity index (χ2v) is 9.16. The Morgan fingerprint density at radius 1 is 1.06 bits per heavy atom. The Kier molecular flexibility index (Phi) is 7.91. The normalized spacial score (nSPS) is 11.3. The number of benzene rings is 2. The van der Waals surface area contributed by atoms with Crippen molar-refractivity contribution in [1.82, 2.24) is 9.29 Å². The van der Waals surface area contributed by atoms with Gasteiger partial charge in [0, 0.05) is 19.3 Å². The zero-order valence-corrected chi connectivity index (χ0v) is 20.0. The molecule has 1 amide bonds. The van der Waals surface area contributed by atoms with Crippen LogP contribution in [-0.4, -0.2) is 43.8 Å². The number of aromatic nitrogens is 1. The van der Waals surface area contributed by atoms with Crippen molar-refractivity contribution in [2.75, 3.05) is 25.5 Å². The van der Waals surface area contributed by atoms with E-state index in [1.54, 1.807) is 57.4 Å². The summed E-state index contributed by atoms with van der Waals surface area (Å²) in [5.74, 6) is 0.740. The molecular weight excluding hydrogens is 466 g/mol. The second-order valence-electron chi connectivity index (χ2n) is 6.82. The number of hydrogen-bond donors (Lipinski definition) is 1. The first-order valence-corrected chi connectivity index (χ1v) is 12.0. The summed E-state index contributed by atoms with van der Waals surface area (Å²) in [6.45, 7) is 4.12. The van der Waals surface area contributed by atoms with Crippen LogP contribution in [0.5, 0.6) is 17.4 Å². The van der Waals surface area contributed by atoms with Crippen LogP contribution in [0.2, 0.25) is 5.02 Å². The number of nitrogens with one attached hydrogen (secondary N) is 1. The molecule has 0 unspecified atom stereocenters. The standard InChI is InChI=1S/C23H24ClN3O5S/c1-4-27(5-2)33(29,30)18-12-13-20(24)19(15-18)22(28)26-21-7-6-14-25-23(21)32-17-10-8-16(31-3)9-11-17/h6-15H,4-5H2,1-3H3,(H,26,28). The fourth-order valence-corrected chi connectivity index (χ4v) is 4.75. The predicted octanol–water partition coefficient (Wildman–Crippen LogP) is 4.82. The van der Waals surface area contributed by atoms with E-state index in [4.69, 9.17) is 21.1 Å². The lowest BCUT2D eigenvalue weighted by Gasteiger charge is -2.19. The van der Waals surface area contributed by atoms with Gasteiger partial charge in [0.25, 0.3) is 5.91 Å². The van der Waals surface area contributed by atoms with Crippen LogP contribution in [0.3, 0.4) is 0 Å². The Bertz CT molecular complexity index is 1230. The van der Waals surface area contributed by atoms with Gasteiger partial charge in [-0.2, -0.15) is 4.31 Å². The van der Waals surface area contributed by atoms with Gasteiger partial charge >= 0.3 is 0 Å². The fourth-order valence-electron chi connectivity index (χ4n) is 3.06. The van der Waals surface area contributed by atoms with E-state index in [1.807, 2.05) is 0 Å². The highest BCUT2D eigenvalue weighted by Gasteiger charge is 2.24. The van der Waals surface area contributed by atoms with Crippen molar-refractivity contribution in [1.29, 1.82) is 0 Å². The molecule has 10 heteroatoms. The molecule has 3 rings (SSSR count). The minimum absolute atomic E-state index is 0.0124. The number of nitrogens with zero attached hydrogens (tertiary/aromatic N) is 2. The third-order valence-electron chi connectivity index (χ3n) is 4.82. The Morgan fingerprint density at radius 2 is 1.73 bits per heavy atom. The number of hydrogen-bond acceptors (Lipinski definition) is 6. The minimum Gasteiger partial charge on any atom is -0.497 e. The van der Waals surface area contributed by atoms with Gasteiger partial charge < -0.3 is 14.8 Å². The second kappa shape index (κ2) is 10.7. The Balaban J connectivity index is 1.87. The molecule has 0 saturated heterocycles. The molecule has 0 aliphatic heterocycles. The van der Waals surface area contributed by atoms with E-state index in [0.29, 0.717) is 30.3 Å². The number of carbonyl (C=O) groups excluding carboxylic acids is 1. The summed E-state index contributed by atoms with van der Waals surface area (Å²) in [5.41, 5.74) is 0.315. The molecule has 8 nitrogen and oxygen atoms in total. The molecule has 0 aliphatic carbocycles. The molecule has 3 aromatic rings. The average molecular weight is 490 g/mol. The summed E-state index contributed by atoms with van der Waals surface area (Å²) in [5, 5.41) is 2.82. The van der Waals surface area contributed by atoms with Crippen LogP contribution >= 0.6 is 11.6 Å². The number of sulfonamides is 1. The minimum atomic E-state index is -3.75. The lowest BCUT2D eigenvalue weighted by molar-refractivity contribution is 0.102. The quantitative estimate of drug-likeness (QED) is 0.462. The highest BCUT2D eigenvalue weighted by molar-refractivity contribution is 7.89. The van der Waals surface area contributed by atoms with E-state index in [2.05, 4.69) is 10.3 Å². The average Bonchev–Trinajstić information content (AvgIpc) is 2.81. The van der Waals surface area contributed by atoms with E-state index in [9.17, 15) is 13.2 Å². The summed E-state index contributed by atoms with van der Waals surface area (Å²) < 4.78 is 37.9. The molecule has 0 saturated carbocycles. The number of pyridine rings is 1. The van der Waals surface area contributed by atoms with Crippen molar-refractivity contribution in [3.8, 4) is 17.4 Å². The molecule has 0 bridgehead atoms. The van der Waals surface area contributed by atoms with E-state index < -0.39 is 15.9 Å². The Hall–Kier alpha value is -3.14. The van der Waals surface area contributed by atoms with Gasteiger partial charge in [0.05, 0.1) is 22.6 Å². The molecule has 0 radical (unpaired) electrons. The molecule has 0 atom stereocenters. The van der Waals surface area contributed by atoms with Crippen molar-refractivity contribution in [2.24, 2.45) is 0 Å². The topological polar surface area (TPSA) is 97.8 Å². The van der Waals surface area contributed by atoms with Crippen LogP contribution in [0, 0.1) is 0 Å². The monoisotopic (exact) mass is 489 g/mol. The lowest BCUT2D eigenvalue weighted by Crippen LogP contribution is -2.30. The first-order chi connectivity index (χ1) is 15.8. The SMILES string of the molecule is CCN(CC)S(=O)(=O)c1ccc(Cl)c(C(=O)Nc2cccnc2Oc2ccc(OC)cc2)c1. The van der Waals surface area contributed by atoms with Gasteiger partial charge in [0.15, 0.2) is 0 Å². The first-order valence-electron chi connectivity index (χ1n) is 10.2. The maximum atomic E-state index is 13.0. The third-order valence-corrected chi connectivity index (χ3v) is 7.19. The summed E-state index contributed by atoms with van der Waals surface area (Å²) in [6.07, 6.45) is 1.53. The van der Waals surface area contributed by atoms with Crippen molar-refractivity contribution in [2.45, 2.75) is 18.7 Å². The van der Waals surface area contributed by atoms with Gasteiger partial charge in [0.1, 0.15) is 17.2 Å². The molecule has 2 aromatic carbocycles. The van der Waals surface area contributed by atoms with Gasteiger partial charge in [-0.25, -0.2) is 13.4 Å². The zero-order chi connectivity index (χ0) is 24.0. The number of anilines is 1. The van der Waals surface area contributed by atoms with Crippen LogP contribution in [-0.2, 0) is 10.0 Å². The molecule has 0 spiro atoms. The van der Waals surface area contributed by atoms with Crippen LogP contribution in [0.1, 0.15) is 24.2 Å². The molecule has 1 heterocycles. The molecular formula is C23H24ClN3O5S. The van der Waals surface area contributed by atoms with Gasteiger partial charge in [-0.3, -0.25) is 4.79 Å². The zero-order valence-electron chi connectivity index (χ0n) is 18.4. The molecule has 0 aliphatic rings. The number of rotatable bonds is 9. The van der Waals surface area contributed by atoms with Crippen LogP contribution in [0.25, 0.3) is 0 Å². The Labute approximate surface area is 198 Å². The predicted molar refractivity (Wildman–Crippen MR) is 127 cm³/mol. The van der Waals surface area contributed by atoms with Gasteiger partial charge in [-0.15, -0.1) is 0 Å². The number of halogens is 1. The van der Waals surface area contributed by atoms with Crippen LogP contribution < -0.4 is 14.8 Å². The summed E-state index contributed by atoms with van der Waals surface area (Å²) in [4.78, 5) is 17.2. The van der Waals surface area contributed by atoms with Crippen LogP contribution in [0.4, 0.5) is 5.69 Å². The van der Waals surface area contributed by atoms with E-state index in [0.717, 1.165) is 0 Å². The van der Waals surface area contributed by atoms with Crippen LogP contribution in [0.15, 0.2) is 65.7 Å². The number of methoxy groups -OCH3 is 1. The molecule has 0 fully saturated rings. The van der Waals surface area contributed by atoms with Crippen molar-refractivity contribution >= 4 is 33.2 Å². The highest BCUT2D eigenvalue weighted by atomic mass is 35.5. The van der Waals surface area contributed by atoms with Crippen molar-refractivity contribution < 1.29 is 22.7 Å². The third kappa shape index (κ3) is 5.62. The van der Waals surface area contributed by atoms with E-state index in [-0.39, 0.29) is 21.4 Å². The maximum Gasteiger partial charge on any atom is 0.257 e. The number of carbonyl (C=O) groups is 1. The molecule has 33 heavy (non-hydrogen) atoms. The summed E-state index contributed by atoms with van der Waals surface area (Å²) in [6, 6.07) is 14.2. The molecule has 174 valence electrons. The fraction of sp³-hybridized carbons (Fsp3) is 0.217. The number of amides is 1. The molecule has 1 aromatic heterocycles. The Morgan fingerprint density at radius 3 is 2.36 bits per heavy atom. The van der Waals surface area contributed by atoms with E-state index >= 15 is 0 Å². The van der Waals surface area contributed by atoms with Gasteiger partial charge in [0.2, 0.25) is 15.9 Å². The first kappa shape index (κ1) is 24.5. The largest absolute Gasteiger partial charge is 0.497 e. The summed E-state index contributed by atoms with van der Waals surface area (Å²) in [7, 11) is -2.19. The highest BCUT2D eigenvalue weighted by Crippen LogP contribution is 2.30. The van der Waals surface area contributed by atoms with Gasteiger partial charge in [-0.05, 0) is 54.6 Å². The maximum absolute atomic E-state index is 13.0. The smallest absolute Gasteiger partial charge is 0.257 e. The van der Waals surface area contributed by atoms with Crippen molar-refractivity contribution in [3.05, 3.63) is 71.4 Å². The number of ether oxygens (including phenoxy) is 2. The van der Waals surface area contributed by atoms with Crippen molar-refractivity contribution in [3.63, 3.8) is 0 Å². The molecule has 1 N–H and O–H groups in total. The van der Waals surface area contributed by atoms with E-state index in [1.165, 1.54) is 28.7 Å². The summed E-state index contributed by atoms with van der Waals surface area (Å²) >= 11 is 6.22. The lowest BCUT2D eigenvalue weighted by atomic mass is 10.2. The van der Waals surface area contributed by atoms with Gasteiger partial charge in [-0.1, -0.05) is 25.4 Å².